The van der Waals surface area contributed by atoms with Crippen molar-refractivity contribution >= 4 is 5.78 Å². The van der Waals surface area contributed by atoms with Gasteiger partial charge in [-0.25, -0.2) is 0 Å². The highest BCUT2D eigenvalue weighted by Crippen LogP contribution is 2.56. The van der Waals surface area contributed by atoms with E-state index in [0.717, 1.165) is 62.5 Å². The standard InChI is InChI=1S/C40H58O12/c1-19-11-24-5-7-29-20(2)12-26(45-29)9-10-40-17-28-35-37(50-39(28)52-40)38(51-40)36-30(49-35)8-6-25(47-36)13-22(42)14-27-32(16-31(46-24)21(19)3)48-33(34(27)44-4)15-23(43)18-41/h19,23-39,41,43H,2-3,5-18H2,1,4H3/t19-,23+,24+,25-,26+,27+,28+,29+,30+,31-,32+,33-,34-,35-,36+,37-,38+,39-,40+/m1/s1. The minimum atomic E-state index is -0.951. The number of rotatable bonds is 4. The van der Waals surface area contributed by atoms with Gasteiger partial charge in [0.2, 0.25) is 0 Å². The van der Waals surface area contributed by atoms with Crippen LogP contribution in [0.2, 0.25) is 0 Å². The molecule has 0 aromatic rings. The summed E-state index contributed by atoms with van der Waals surface area (Å²) in [7, 11) is 1.63. The quantitative estimate of drug-likeness (QED) is 0.408. The van der Waals surface area contributed by atoms with Crippen LogP contribution in [0.15, 0.2) is 24.3 Å². The summed E-state index contributed by atoms with van der Waals surface area (Å²) < 4.78 is 59.6. The van der Waals surface area contributed by atoms with Crippen molar-refractivity contribution in [2.45, 2.75) is 188 Å². The van der Waals surface area contributed by atoms with Gasteiger partial charge in [-0.3, -0.25) is 4.79 Å². The number of ketones is 1. The van der Waals surface area contributed by atoms with Gasteiger partial charge in [-0.05, 0) is 62.0 Å². The molecule has 52 heavy (non-hydrogen) atoms. The summed E-state index contributed by atoms with van der Waals surface area (Å²) in [6, 6.07) is 0. The van der Waals surface area contributed by atoms with Crippen molar-refractivity contribution in [3.05, 3.63) is 24.3 Å². The Kier molecular flexibility index (Phi) is 10.0. The van der Waals surface area contributed by atoms with E-state index < -0.39 is 24.1 Å². The van der Waals surface area contributed by atoms with Crippen LogP contribution in [-0.4, -0.2) is 127 Å². The Bertz CT molecular complexity index is 1370. The van der Waals surface area contributed by atoms with E-state index in [9.17, 15) is 15.0 Å². The molecule has 0 radical (unpaired) electrons. The van der Waals surface area contributed by atoms with Crippen molar-refractivity contribution in [3.63, 3.8) is 0 Å². The van der Waals surface area contributed by atoms with Crippen LogP contribution in [0.25, 0.3) is 0 Å². The Hall–Kier alpha value is -1.29. The number of carbonyl (C=O) groups is 1. The SMILES string of the molecule is C=C1C[C@@H]2CC[C@]34C[C@@H]5[C@H](O[C@H]6[C@@H](O3)[C@H]3O[C@H](CC[C@@H]3O[C@H]56)CC(=O)C[C@@H]3[C@@H](OC)[C@@H](C[C@H](O)CO)O[C@H]3C[C@H]3O[C@@H](CC[C@@H]1O2)C[C@@H](C)C3=C)O4. The molecule has 10 aliphatic rings. The molecule has 10 aliphatic heterocycles. The van der Waals surface area contributed by atoms with E-state index in [-0.39, 0.29) is 123 Å². The molecule has 2 N–H and O–H groups in total. The third-order valence-corrected chi connectivity index (χ3v) is 14.0. The topological polar surface area (TPSA) is 141 Å². The summed E-state index contributed by atoms with van der Waals surface area (Å²) in [5, 5.41) is 20.1. The molecule has 1 spiro atoms. The minimum Gasteiger partial charge on any atom is -0.394 e. The van der Waals surface area contributed by atoms with E-state index >= 15 is 0 Å². The second kappa shape index (κ2) is 14.3. The van der Waals surface area contributed by atoms with Crippen LogP contribution in [-0.2, 0) is 47.4 Å². The maximum Gasteiger partial charge on any atom is 0.172 e. The Morgan fingerprint density at radius 3 is 2.44 bits per heavy atom. The van der Waals surface area contributed by atoms with E-state index in [4.69, 9.17) is 42.6 Å². The van der Waals surface area contributed by atoms with Gasteiger partial charge >= 0.3 is 0 Å². The van der Waals surface area contributed by atoms with Crippen LogP contribution in [0.4, 0.5) is 0 Å². The number of aliphatic hydroxyl groups excluding tert-OH is 2. The lowest BCUT2D eigenvalue weighted by molar-refractivity contribution is -0.299. The molecule has 12 heteroatoms. The van der Waals surface area contributed by atoms with Gasteiger partial charge in [0.1, 0.15) is 24.1 Å². The number of fused-ring (bicyclic) bond motifs is 6. The molecule has 12 nitrogen and oxygen atoms in total. The molecule has 0 amide bonds. The van der Waals surface area contributed by atoms with Crippen molar-refractivity contribution in [1.29, 1.82) is 0 Å². The number of Topliss-reactive ketones (excluding diaryl/α,β-unsaturated/α-hetero) is 1. The molecule has 12 bridgehead atoms. The third kappa shape index (κ3) is 6.59. The van der Waals surface area contributed by atoms with Crippen molar-refractivity contribution in [2.24, 2.45) is 17.8 Å². The summed E-state index contributed by atoms with van der Waals surface area (Å²) in [5.74, 6) is -0.591. The van der Waals surface area contributed by atoms with Gasteiger partial charge in [0.15, 0.2) is 12.1 Å². The number of carbonyl (C=O) groups excluding carboxylic acids is 1. The Labute approximate surface area is 306 Å². The van der Waals surface area contributed by atoms with Crippen molar-refractivity contribution < 1.29 is 57.6 Å². The number of aliphatic hydroxyl groups is 2. The molecule has 10 saturated heterocycles. The van der Waals surface area contributed by atoms with Crippen LogP contribution >= 0.6 is 0 Å². The van der Waals surface area contributed by atoms with E-state index in [2.05, 4.69) is 20.1 Å². The first-order chi connectivity index (χ1) is 25.1. The summed E-state index contributed by atoms with van der Waals surface area (Å²) in [4.78, 5) is 14.0. The van der Waals surface area contributed by atoms with Crippen LogP contribution in [0.5, 0.6) is 0 Å². The van der Waals surface area contributed by atoms with Gasteiger partial charge in [0.25, 0.3) is 0 Å². The second-order valence-corrected chi connectivity index (χ2v) is 17.4. The molecule has 10 heterocycles. The molecule has 19 atom stereocenters. The van der Waals surface area contributed by atoms with Gasteiger partial charge in [0.05, 0.1) is 73.8 Å². The Morgan fingerprint density at radius 1 is 0.808 bits per heavy atom. The smallest absolute Gasteiger partial charge is 0.172 e. The van der Waals surface area contributed by atoms with Gasteiger partial charge in [-0.15, -0.1) is 0 Å². The predicted molar refractivity (Wildman–Crippen MR) is 184 cm³/mol. The average molecular weight is 731 g/mol. The van der Waals surface area contributed by atoms with Crippen LogP contribution in [0.1, 0.15) is 90.4 Å². The fourth-order valence-corrected chi connectivity index (χ4v) is 11.3. The highest BCUT2D eigenvalue weighted by atomic mass is 16.8. The van der Waals surface area contributed by atoms with Gasteiger partial charge in [0, 0.05) is 57.5 Å². The maximum atomic E-state index is 14.0. The third-order valence-electron chi connectivity index (χ3n) is 14.0. The van der Waals surface area contributed by atoms with Crippen LogP contribution < -0.4 is 0 Å². The fourth-order valence-electron chi connectivity index (χ4n) is 11.3. The van der Waals surface area contributed by atoms with Gasteiger partial charge in [-0.1, -0.05) is 20.1 Å². The molecule has 0 aromatic heterocycles. The van der Waals surface area contributed by atoms with Gasteiger partial charge < -0.3 is 52.8 Å². The molecule has 0 aromatic carbocycles. The first kappa shape index (κ1) is 36.4. The zero-order chi connectivity index (χ0) is 35.9. The summed E-state index contributed by atoms with van der Waals surface area (Å²) in [6.45, 7) is 10.7. The predicted octanol–water partition coefficient (Wildman–Crippen LogP) is 3.68. The second-order valence-electron chi connectivity index (χ2n) is 17.4. The highest BCUT2D eigenvalue weighted by molar-refractivity contribution is 5.79. The van der Waals surface area contributed by atoms with E-state index in [1.807, 2.05) is 0 Å². The maximum absolute atomic E-state index is 14.0. The summed E-state index contributed by atoms with van der Waals surface area (Å²) >= 11 is 0. The van der Waals surface area contributed by atoms with E-state index in [0.29, 0.717) is 12.8 Å². The minimum absolute atomic E-state index is 0.0260. The monoisotopic (exact) mass is 730 g/mol. The van der Waals surface area contributed by atoms with Gasteiger partial charge in [-0.2, -0.15) is 0 Å². The number of ether oxygens (including phenoxy) is 9. The Balaban J connectivity index is 0.994. The number of methoxy groups -OCH3 is 1. The molecule has 0 aliphatic carbocycles. The zero-order valence-electron chi connectivity index (χ0n) is 30.7. The summed E-state index contributed by atoms with van der Waals surface area (Å²) in [5.41, 5.74) is 2.17. The molecular formula is C40H58O12. The fraction of sp³-hybridized carbons (Fsp3) is 0.875. The average Bonchev–Trinajstić information content (AvgIpc) is 3.79. The highest BCUT2D eigenvalue weighted by Gasteiger charge is 2.68. The zero-order valence-corrected chi connectivity index (χ0v) is 30.7. The van der Waals surface area contributed by atoms with Crippen LogP contribution in [0.3, 0.4) is 0 Å². The molecule has 290 valence electrons. The number of hydrogen-bond acceptors (Lipinski definition) is 12. The summed E-state index contributed by atoms with van der Waals surface area (Å²) in [6.07, 6.45) is 4.10. The normalized spacial score (nSPS) is 52.4. The number of hydrogen-bond donors (Lipinski definition) is 2. The largest absolute Gasteiger partial charge is 0.394 e. The van der Waals surface area contributed by atoms with E-state index in [1.165, 1.54) is 0 Å². The lowest BCUT2D eigenvalue weighted by Crippen LogP contribution is -2.61. The van der Waals surface area contributed by atoms with Crippen molar-refractivity contribution in [1.82, 2.24) is 0 Å². The van der Waals surface area contributed by atoms with Crippen molar-refractivity contribution in [2.75, 3.05) is 13.7 Å². The van der Waals surface area contributed by atoms with Crippen molar-refractivity contribution in [3.8, 4) is 0 Å². The first-order valence-electron chi connectivity index (χ1n) is 20.1. The molecular weight excluding hydrogens is 672 g/mol. The molecule has 10 fully saturated rings. The van der Waals surface area contributed by atoms with Crippen LogP contribution in [0, 0.1) is 17.8 Å². The first-order valence-corrected chi connectivity index (χ1v) is 20.1. The molecule has 0 unspecified atom stereocenters. The molecule has 0 saturated carbocycles. The Morgan fingerprint density at radius 2 is 1.62 bits per heavy atom. The van der Waals surface area contributed by atoms with E-state index in [1.54, 1.807) is 7.11 Å². The lowest BCUT2D eigenvalue weighted by atomic mass is 9.81. The lowest BCUT2D eigenvalue weighted by Gasteiger charge is -2.47. The molecule has 10 rings (SSSR count).